The van der Waals surface area contributed by atoms with Gasteiger partial charge in [-0.1, -0.05) is 19.1 Å². The van der Waals surface area contributed by atoms with Crippen LogP contribution in [0, 0.1) is 11.8 Å². The first-order chi connectivity index (χ1) is 24.1. The highest BCUT2D eigenvalue weighted by Crippen LogP contribution is 2.45. The molecule has 6 atom stereocenters. The van der Waals surface area contributed by atoms with Crippen LogP contribution in [0.4, 0.5) is 4.79 Å². The number of carbonyl (C=O) groups is 4. The first kappa shape index (κ1) is 35.3. The van der Waals surface area contributed by atoms with Crippen LogP contribution in [-0.4, -0.2) is 89.0 Å². The van der Waals surface area contributed by atoms with E-state index in [0.29, 0.717) is 47.7 Å². The van der Waals surface area contributed by atoms with Crippen molar-refractivity contribution in [1.82, 2.24) is 20.5 Å². The minimum atomic E-state index is -1.44. The summed E-state index contributed by atoms with van der Waals surface area (Å²) in [5.41, 5.74) is -0.856. The van der Waals surface area contributed by atoms with Gasteiger partial charge in [-0.05, 0) is 82.8 Å². The van der Waals surface area contributed by atoms with E-state index in [4.69, 9.17) is 18.9 Å². The number of allylic oxidation sites excluding steroid dienone is 1. The van der Waals surface area contributed by atoms with Crippen LogP contribution in [0.3, 0.4) is 0 Å². The number of aliphatic carboxylic acids is 1. The number of ether oxygens (including phenoxy) is 4. The molecule has 2 saturated carbocycles. The summed E-state index contributed by atoms with van der Waals surface area (Å²) < 4.78 is 23.3. The topological polar surface area (TPSA) is 166 Å². The molecular formula is C37H48N4O9. The van der Waals surface area contributed by atoms with E-state index in [2.05, 4.69) is 22.5 Å². The van der Waals surface area contributed by atoms with Crippen molar-refractivity contribution >= 4 is 34.8 Å². The van der Waals surface area contributed by atoms with Crippen molar-refractivity contribution in [2.75, 3.05) is 20.3 Å². The molecule has 270 valence electrons. The maximum atomic E-state index is 14.5. The Morgan fingerprint density at radius 1 is 1.10 bits per heavy atom. The Morgan fingerprint density at radius 2 is 1.90 bits per heavy atom. The van der Waals surface area contributed by atoms with Gasteiger partial charge in [0.1, 0.15) is 41.3 Å². The molecule has 13 heteroatoms. The Kier molecular flexibility index (Phi) is 10.7. The van der Waals surface area contributed by atoms with E-state index in [-0.39, 0.29) is 37.3 Å². The summed E-state index contributed by atoms with van der Waals surface area (Å²) in [5, 5.41) is 16.5. The molecule has 1 aromatic carbocycles. The number of methoxy groups -OCH3 is 1. The average Bonchev–Trinajstić information content (AvgIpc) is 3.36. The van der Waals surface area contributed by atoms with Gasteiger partial charge in [0, 0.05) is 29.9 Å². The number of carboxylic acids is 1. The summed E-state index contributed by atoms with van der Waals surface area (Å²) in [6.45, 7) is 4.37. The van der Waals surface area contributed by atoms with E-state index >= 15 is 0 Å². The third kappa shape index (κ3) is 7.76. The monoisotopic (exact) mass is 692 g/mol. The van der Waals surface area contributed by atoms with Gasteiger partial charge >= 0.3 is 12.1 Å². The highest BCUT2D eigenvalue weighted by Gasteiger charge is 2.61. The third-order valence-electron chi connectivity index (χ3n) is 10.4. The Bertz CT molecular complexity index is 1630. The normalized spacial score (nSPS) is 29.5. The van der Waals surface area contributed by atoms with Crippen molar-refractivity contribution in [3.8, 4) is 17.4 Å². The number of carbonyl (C=O) groups excluding carboxylic acids is 3. The van der Waals surface area contributed by atoms with Gasteiger partial charge in [-0.15, -0.1) is 0 Å². The van der Waals surface area contributed by atoms with Crippen LogP contribution in [0.1, 0.15) is 78.1 Å². The second-order valence-corrected chi connectivity index (χ2v) is 14.0. The van der Waals surface area contributed by atoms with Gasteiger partial charge in [-0.25, -0.2) is 14.6 Å². The lowest BCUT2D eigenvalue weighted by Gasteiger charge is -2.30. The van der Waals surface area contributed by atoms with Crippen molar-refractivity contribution in [1.29, 1.82) is 0 Å². The molecule has 50 heavy (non-hydrogen) atoms. The molecule has 3 fully saturated rings. The summed E-state index contributed by atoms with van der Waals surface area (Å²) >= 11 is 0. The number of aromatic nitrogens is 1. The van der Waals surface area contributed by atoms with E-state index in [1.54, 1.807) is 25.3 Å². The quantitative estimate of drug-likeness (QED) is 0.329. The van der Waals surface area contributed by atoms with E-state index in [0.717, 1.165) is 38.5 Å². The molecule has 3 amide bonds. The van der Waals surface area contributed by atoms with E-state index in [9.17, 15) is 24.3 Å². The van der Waals surface area contributed by atoms with Crippen LogP contribution in [0.2, 0.25) is 0 Å². The summed E-state index contributed by atoms with van der Waals surface area (Å²) in [6.07, 6.45) is 8.91. The molecule has 3 N–H and O–H groups in total. The minimum Gasteiger partial charge on any atom is -0.497 e. The molecule has 0 radical (unpaired) electrons. The number of nitrogens with one attached hydrogen (secondary N) is 2. The summed E-state index contributed by atoms with van der Waals surface area (Å²) in [4.78, 5) is 60.1. The highest BCUT2D eigenvalue weighted by molar-refractivity contribution is 5.96. The molecule has 3 heterocycles. The molecule has 2 aromatic rings. The van der Waals surface area contributed by atoms with Crippen molar-refractivity contribution in [2.45, 2.75) is 108 Å². The molecule has 2 aliphatic carbocycles. The molecule has 4 aliphatic rings. The van der Waals surface area contributed by atoms with Crippen molar-refractivity contribution in [3.63, 3.8) is 0 Å². The lowest BCUT2D eigenvalue weighted by Crippen LogP contribution is -2.56. The van der Waals surface area contributed by atoms with Gasteiger partial charge in [-0.3, -0.25) is 9.59 Å². The van der Waals surface area contributed by atoms with Crippen LogP contribution in [0.5, 0.6) is 17.4 Å². The van der Waals surface area contributed by atoms with E-state index < -0.39 is 47.6 Å². The highest BCUT2D eigenvalue weighted by atomic mass is 16.6. The van der Waals surface area contributed by atoms with Gasteiger partial charge in [0.2, 0.25) is 17.7 Å². The fraction of sp³-hybridized carbons (Fsp3) is 0.595. The maximum Gasteiger partial charge on any atom is 0.408 e. The van der Waals surface area contributed by atoms with Crippen molar-refractivity contribution in [2.24, 2.45) is 11.8 Å². The molecule has 1 aromatic heterocycles. The van der Waals surface area contributed by atoms with Crippen LogP contribution >= 0.6 is 0 Å². The predicted octanol–water partition coefficient (Wildman–Crippen LogP) is 4.75. The fourth-order valence-electron chi connectivity index (χ4n) is 7.45. The predicted molar refractivity (Wildman–Crippen MR) is 183 cm³/mol. The molecular weight excluding hydrogens is 644 g/mol. The molecule has 6 rings (SSSR count). The number of hydrogen-bond acceptors (Lipinski definition) is 9. The summed E-state index contributed by atoms with van der Waals surface area (Å²) in [5.74, 6) is -0.816. The maximum absolute atomic E-state index is 14.5. The number of hydrogen-bond donors (Lipinski definition) is 3. The number of pyridine rings is 1. The van der Waals surface area contributed by atoms with Gasteiger partial charge in [0.05, 0.1) is 25.8 Å². The molecule has 0 bridgehead atoms. The second kappa shape index (κ2) is 15.1. The Balaban J connectivity index is 1.31. The summed E-state index contributed by atoms with van der Waals surface area (Å²) in [7, 11) is 1.57. The number of benzene rings is 1. The zero-order valence-corrected chi connectivity index (χ0v) is 29.0. The fourth-order valence-corrected chi connectivity index (χ4v) is 7.45. The largest absolute Gasteiger partial charge is 0.497 e. The number of amides is 3. The molecule has 1 saturated heterocycles. The Morgan fingerprint density at radius 3 is 2.64 bits per heavy atom. The Hall–Kier alpha value is -4.55. The molecule has 1 unspecified atom stereocenters. The number of alkyl carbamates (subject to hydrolysis) is 1. The zero-order chi connectivity index (χ0) is 35.4. The molecule has 0 spiro atoms. The first-order valence-electron chi connectivity index (χ1n) is 17.9. The first-order valence-corrected chi connectivity index (χ1v) is 17.9. The number of nitrogens with zero attached hydrogens (tertiary/aromatic N) is 2. The molecule has 13 nitrogen and oxygen atoms in total. The van der Waals surface area contributed by atoms with E-state index in [1.807, 2.05) is 25.1 Å². The average molecular weight is 693 g/mol. The van der Waals surface area contributed by atoms with Crippen LogP contribution < -0.4 is 24.8 Å². The molecule has 2 aliphatic heterocycles. The van der Waals surface area contributed by atoms with Crippen LogP contribution in [-0.2, 0) is 19.1 Å². The lowest BCUT2D eigenvalue weighted by atomic mass is 9.96. The van der Waals surface area contributed by atoms with E-state index in [1.165, 1.54) is 4.90 Å². The van der Waals surface area contributed by atoms with Gasteiger partial charge in [-0.2, -0.15) is 0 Å². The SMILES string of the molecule is CCOc1cc(O[C@@H]2C[C@H]3C(=O)N[C@]4(C(=O)O)CC4/C=C\CC[C@H](C)CC[C@H](NC(=O)OC4CCCC4)C(=O)N3C2)c2ccc(OC)cc2n1. The van der Waals surface area contributed by atoms with Crippen molar-refractivity contribution in [3.05, 3.63) is 36.4 Å². The Labute approximate surface area is 292 Å². The number of carboxylic acid groups (broad SMARTS) is 1. The van der Waals surface area contributed by atoms with Gasteiger partial charge < -0.3 is 39.6 Å². The van der Waals surface area contributed by atoms with Gasteiger partial charge in [0.25, 0.3) is 0 Å². The standard InChI is InChI=1S/C37H48N4O9/c1-4-48-32-19-31(27-15-14-25(47-3)17-29(27)38-32)49-26-18-30-33(42)40-37(35(44)45)20-23(37)10-6-5-9-22(2)13-16-28(34(43)41(30)21-26)39-36(46)50-24-11-7-8-12-24/h6,10,14-15,17,19,22-24,26,28,30H,4-5,7-9,11-13,16,18,20-21H2,1-3H3,(H,39,46)(H,40,42)(H,44,45)/b10-6-/t22-,23?,26+,28-,30-,37+/m0/s1. The number of fused-ring (bicyclic) bond motifs is 3. The lowest BCUT2D eigenvalue weighted by molar-refractivity contribution is -0.145. The van der Waals surface area contributed by atoms with Gasteiger partial charge in [0.15, 0.2) is 0 Å². The van der Waals surface area contributed by atoms with Crippen LogP contribution in [0.15, 0.2) is 36.4 Å². The smallest absolute Gasteiger partial charge is 0.408 e. The summed E-state index contributed by atoms with van der Waals surface area (Å²) in [6, 6.07) is 5.09. The zero-order valence-electron chi connectivity index (χ0n) is 29.0. The second-order valence-electron chi connectivity index (χ2n) is 14.0. The minimum absolute atomic E-state index is 0.0374. The third-order valence-corrected chi connectivity index (χ3v) is 10.4. The number of rotatable bonds is 8. The van der Waals surface area contributed by atoms with Crippen LogP contribution in [0.25, 0.3) is 10.9 Å². The van der Waals surface area contributed by atoms with Crippen molar-refractivity contribution < 1.29 is 43.2 Å².